The van der Waals surface area contributed by atoms with Crippen molar-refractivity contribution in [1.82, 2.24) is 5.32 Å². The zero-order valence-corrected chi connectivity index (χ0v) is 8.90. The minimum atomic E-state index is -1.32. The van der Waals surface area contributed by atoms with Crippen LogP contribution in [0.5, 0.6) is 0 Å². The lowest BCUT2D eigenvalue weighted by molar-refractivity contribution is -0.117. The summed E-state index contributed by atoms with van der Waals surface area (Å²) in [7, 11) is 0. The van der Waals surface area contributed by atoms with Gasteiger partial charge in [0.05, 0.1) is 11.7 Å². The molecule has 0 radical (unpaired) electrons. The highest BCUT2D eigenvalue weighted by molar-refractivity contribution is 5.95. The first-order valence-electron chi connectivity index (χ1n) is 5.26. The van der Waals surface area contributed by atoms with Crippen molar-refractivity contribution in [3.05, 3.63) is 29.6 Å². The molecular weight excluding hydrogens is 233 g/mol. The summed E-state index contributed by atoms with van der Waals surface area (Å²) >= 11 is 0. The van der Waals surface area contributed by atoms with E-state index in [-0.39, 0.29) is 0 Å². The maximum Gasteiger partial charge on any atom is 0.241 e. The Labute approximate surface area is 96.0 Å². The predicted molar refractivity (Wildman–Crippen MR) is 56.0 cm³/mol. The lowest BCUT2D eigenvalue weighted by Gasteiger charge is -2.11. The van der Waals surface area contributed by atoms with Gasteiger partial charge in [0, 0.05) is 12.1 Å². The Kier molecular flexibility index (Phi) is 3.33. The van der Waals surface area contributed by atoms with E-state index in [4.69, 9.17) is 0 Å². The van der Waals surface area contributed by atoms with Gasteiger partial charge in [-0.2, -0.15) is 0 Å². The standard InChI is InChI=1S/C11H11F3N2O/c12-6-4-7(13)10(14)9(5-6)16-11(17)8-2-1-3-15-8/h4-5,8,15H,1-3H2,(H,16,17)/t8-/m1/s1. The molecule has 1 aliphatic rings. The first kappa shape index (κ1) is 11.9. The number of anilines is 1. The molecular formula is C11H11F3N2O. The van der Waals surface area contributed by atoms with Crippen LogP contribution >= 0.6 is 0 Å². The summed E-state index contributed by atoms with van der Waals surface area (Å²) in [4.78, 5) is 11.6. The zero-order chi connectivity index (χ0) is 12.4. The Morgan fingerprint density at radius 2 is 2.12 bits per heavy atom. The highest BCUT2D eigenvalue weighted by Gasteiger charge is 2.23. The summed E-state index contributed by atoms with van der Waals surface area (Å²) in [6, 6.07) is 0.755. The fourth-order valence-electron chi connectivity index (χ4n) is 1.78. The Balaban J connectivity index is 2.15. The van der Waals surface area contributed by atoms with Gasteiger partial charge in [-0.05, 0) is 19.4 Å². The zero-order valence-electron chi connectivity index (χ0n) is 8.90. The first-order valence-corrected chi connectivity index (χ1v) is 5.26. The second-order valence-corrected chi connectivity index (χ2v) is 3.89. The molecule has 0 aliphatic carbocycles. The number of hydrogen-bond donors (Lipinski definition) is 2. The minimum absolute atomic E-state index is 0.429. The van der Waals surface area contributed by atoms with Crippen LogP contribution in [0.1, 0.15) is 12.8 Å². The molecule has 1 aromatic carbocycles. The van der Waals surface area contributed by atoms with Crippen LogP contribution in [-0.2, 0) is 4.79 Å². The molecule has 17 heavy (non-hydrogen) atoms. The van der Waals surface area contributed by atoms with Crippen LogP contribution in [0.3, 0.4) is 0 Å². The molecule has 1 atom stereocenters. The molecule has 92 valence electrons. The van der Waals surface area contributed by atoms with E-state index < -0.39 is 35.1 Å². The Morgan fingerprint density at radius 3 is 2.76 bits per heavy atom. The summed E-state index contributed by atoms with van der Waals surface area (Å²) in [6.07, 6.45) is 1.48. The third-order valence-corrected chi connectivity index (χ3v) is 2.63. The number of hydrogen-bond acceptors (Lipinski definition) is 2. The highest BCUT2D eigenvalue weighted by atomic mass is 19.2. The molecule has 1 aliphatic heterocycles. The maximum atomic E-state index is 13.3. The predicted octanol–water partition coefficient (Wildman–Crippen LogP) is 1.79. The summed E-state index contributed by atoms with van der Waals surface area (Å²) in [5.41, 5.74) is -0.471. The van der Waals surface area contributed by atoms with Crippen molar-refractivity contribution in [3.8, 4) is 0 Å². The number of carbonyl (C=O) groups excluding carboxylic acids is 1. The van der Waals surface area contributed by atoms with Crippen molar-refractivity contribution in [1.29, 1.82) is 0 Å². The van der Waals surface area contributed by atoms with Gasteiger partial charge >= 0.3 is 0 Å². The minimum Gasteiger partial charge on any atom is -0.322 e. The van der Waals surface area contributed by atoms with Crippen LogP contribution in [0.25, 0.3) is 0 Å². The summed E-state index contributed by atoms with van der Waals surface area (Å²) in [6.45, 7) is 0.706. The number of nitrogens with one attached hydrogen (secondary N) is 2. The average Bonchev–Trinajstić information content (AvgIpc) is 2.78. The van der Waals surface area contributed by atoms with Crippen LogP contribution in [0.2, 0.25) is 0 Å². The van der Waals surface area contributed by atoms with Crippen molar-refractivity contribution >= 4 is 11.6 Å². The van der Waals surface area contributed by atoms with Crippen LogP contribution in [0, 0.1) is 17.5 Å². The molecule has 0 saturated carbocycles. The van der Waals surface area contributed by atoms with Crippen molar-refractivity contribution in [3.63, 3.8) is 0 Å². The molecule has 1 heterocycles. The van der Waals surface area contributed by atoms with E-state index >= 15 is 0 Å². The number of amides is 1. The maximum absolute atomic E-state index is 13.3. The summed E-state index contributed by atoms with van der Waals surface area (Å²) in [5.74, 6) is -3.98. The molecule has 1 saturated heterocycles. The molecule has 6 heteroatoms. The van der Waals surface area contributed by atoms with Gasteiger partial charge in [0.2, 0.25) is 5.91 Å². The Bertz CT molecular complexity index is 445. The molecule has 2 rings (SSSR count). The van der Waals surface area contributed by atoms with Crippen LogP contribution in [0.4, 0.5) is 18.9 Å². The fraction of sp³-hybridized carbons (Fsp3) is 0.364. The second-order valence-electron chi connectivity index (χ2n) is 3.89. The lowest BCUT2D eigenvalue weighted by Crippen LogP contribution is -2.35. The third kappa shape index (κ3) is 2.58. The quantitative estimate of drug-likeness (QED) is 0.779. The van der Waals surface area contributed by atoms with Gasteiger partial charge in [-0.25, -0.2) is 13.2 Å². The van der Waals surface area contributed by atoms with Gasteiger partial charge < -0.3 is 10.6 Å². The number of benzene rings is 1. The van der Waals surface area contributed by atoms with Gasteiger partial charge in [-0.1, -0.05) is 0 Å². The average molecular weight is 244 g/mol. The summed E-state index contributed by atoms with van der Waals surface area (Å²) in [5, 5.41) is 5.08. The second kappa shape index (κ2) is 4.75. The van der Waals surface area contributed by atoms with E-state index in [1.165, 1.54) is 0 Å². The monoisotopic (exact) mass is 244 g/mol. The van der Waals surface area contributed by atoms with Crippen molar-refractivity contribution in [2.45, 2.75) is 18.9 Å². The molecule has 0 spiro atoms. The van der Waals surface area contributed by atoms with Gasteiger partial charge in [-0.15, -0.1) is 0 Å². The van der Waals surface area contributed by atoms with Gasteiger partial charge in [0.15, 0.2) is 11.6 Å². The number of rotatable bonds is 2. The van der Waals surface area contributed by atoms with E-state index in [9.17, 15) is 18.0 Å². The molecule has 3 nitrogen and oxygen atoms in total. The topological polar surface area (TPSA) is 41.1 Å². The Morgan fingerprint density at radius 1 is 1.35 bits per heavy atom. The van der Waals surface area contributed by atoms with Crippen LogP contribution < -0.4 is 10.6 Å². The molecule has 0 bridgehead atoms. The van der Waals surface area contributed by atoms with Crippen molar-refractivity contribution in [2.24, 2.45) is 0 Å². The van der Waals surface area contributed by atoms with Crippen LogP contribution in [0.15, 0.2) is 12.1 Å². The van der Waals surface area contributed by atoms with E-state index in [0.717, 1.165) is 12.5 Å². The van der Waals surface area contributed by atoms with E-state index in [0.29, 0.717) is 19.0 Å². The van der Waals surface area contributed by atoms with E-state index in [2.05, 4.69) is 10.6 Å². The molecule has 1 aromatic rings. The number of carbonyl (C=O) groups is 1. The SMILES string of the molecule is O=C(Nc1cc(F)cc(F)c1F)[C@H]1CCCN1. The molecule has 1 amide bonds. The lowest BCUT2D eigenvalue weighted by atomic mass is 10.2. The van der Waals surface area contributed by atoms with Gasteiger partial charge in [0.1, 0.15) is 5.82 Å². The molecule has 1 fully saturated rings. The van der Waals surface area contributed by atoms with Crippen molar-refractivity contribution in [2.75, 3.05) is 11.9 Å². The van der Waals surface area contributed by atoms with E-state index in [1.54, 1.807) is 0 Å². The smallest absolute Gasteiger partial charge is 0.241 e. The summed E-state index contributed by atoms with van der Waals surface area (Å²) < 4.78 is 39.0. The fourth-order valence-corrected chi connectivity index (χ4v) is 1.78. The van der Waals surface area contributed by atoms with Gasteiger partial charge in [0.25, 0.3) is 0 Å². The molecule has 0 aromatic heterocycles. The molecule has 0 unspecified atom stereocenters. The third-order valence-electron chi connectivity index (χ3n) is 2.63. The van der Waals surface area contributed by atoms with Crippen LogP contribution in [-0.4, -0.2) is 18.5 Å². The van der Waals surface area contributed by atoms with E-state index in [1.807, 2.05) is 0 Å². The molecule has 2 N–H and O–H groups in total. The Hall–Kier alpha value is -1.56. The largest absolute Gasteiger partial charge is 0.322 e. The highest BCUT2D eigenvalue weighted by Crippen LogP contribution is 2.20. The van der Waals surface area contributed by atoms with Crippen molar-refractivity contribution < 1.29 is 18.0 Å². The normalized spacial score (nSPS) is 19.4. The number of halogens is 3. The first-order chi connectivity index (χ1) is 8.08. The van der Waals surface area contributed by atoms with Gasteiger partial charge in [-0.3, -0.25) is 4.79 Å².